The molecule has 0 bridgehead atoms. The normalized spacial score (nSPS) is 14.2. The molecule has 0 radical (unpaired) electrons. The van der Waals surface area contributed by atoms with Gasteiger partial charge in [0.25, 0.3) is 0 Å². The van der Waals surface area contributed by atoms with E-state index in [4.69, 9.17) is 4.99 Å². The van der Waals surface area contributed by atoms with Crippen molar-refractivity contribution in [1.29, 1.82) is 0 Å². The van der Waals surface area contributed by atoms with Crippen LogP contribution in [-0.2, 0) is 19.4 Å². The summed E-state index contributed by atoms with van der Waals surface area (Å²) in [4.78, 5) is 14.2. The van der Waals surface area contributed by atoms with Gasteiger partial charge in [-0.15, -0.1) is 34.2 Å². The highest BCUT2D eigenvalue weighted by Gasteiger charge is 2.20. The molecule has 0 unspecified atom stereocenters. The van der Waals surface area contributed by atoms with Crippen LogP contribution in [0.2, 0.25) is 0 Å². The number of guanidine groups is 1. The number of piperazine rings is 1. The molecule has 3 aromatic rings. The first-order chi connectivity index (χ1) is 15.8. The minimum Gasteiger partial charge on any atom is -0.354 e. The van der Waals surface area contributed by atoms with Crippen molar-refractivity contribution < 1.29 is 0 Å². The lowest BCUT2D eigenvalue weighted by atomic mass is 10.2. The number of hydrogen-bond acceptors (Lipinski definition) is 5. The van der Waals surface area contributed by atoms with Crippen LogP contribution in [0.3, 0.4) is 0 Å². The standard InChI is InChI=1S/C24H32N8.HI/c1-2-22-29-28-20-32(22)15-14-27-24(26-13-11-21-8-4-3-5-9-21)31-18-16-30(17-19-31)23-10-6-7-12-25-23;/h3-10,12,20H,2,11,13-19H2,1H3,(H,26,27);1H. The van der Waals surface area contributed by atoms with E-state index in [1.165, 1.54) is 5.56 Å². The largest absolute Gasteiger partial charge is 0.354 e. The molecule has 3 heterocycles. The molecule has 1 saturated heterocycles. The van der Waals surface area contributed by atoms with Crippen LogP contribution in [0.15, 0.2) is 66.0 Å². The maximum absolute atomic E-state index is 4.96. The molecule has 1 aliphatic heterocycles. The summed E-state index contributed by atoms with van der Waals surface area (Å²) in [6.45, 7) is 8.17. The average Bonchev–Trinajstić information content (AvgIpc) is 3.32. The van der Waals surface area contributed by atoms with Gasteiger partial charge in [-0.25, -0.2) is 4.98 Å². The quantitative estimate of drug-likeness (QED) is 0.260. The number of anilines is 1. The predicted molar refractivity (Wildman–Crippen MR) is 143 cm³/mol. The molecule has 8 nitrogen and oxygen atoms in total. The van der Waals surface area contributed by atoms with Crippen molar-refractivity contribution in [3.63, 3.8) is 0 Å². The minimum atomic E-state index is 0. The topological polar surface area (TPSA) is 74.5 Å². The number of aryl methyl sites for hydroxylation is 1. The van der Waals surface area contributed by atoms with Gasteiger partial charge in [-0.2, -0.15) is 0 Å². The number of nitrogens with one attached hydrogen (secondary N) is 1. The predicted octanol–water partition coefficient (Wildman–Crippen LogP) is 2.86. The summed E-state index contributed by atoms with van der Waals surface area (Å²) in [5.41, 5.74) is 1.31. The van der Waals surface area contributed by atoms with Gasteiger partial charge in [0, 0.05) is 58.4 Å². The molecule has 1 fully saturated rings. The van der Waals surface area contributed by atoms with Crippen LogP contribution in [0.25, 0.3) is 0 Å². The van der Waals surface area contributed by atoms with Crippen molar-refractivity contribution in [2.45, 2.75) is 26.3 Å². The molecule has 0 spiro atoms. The van der Waals surface area contributed by atoms with E-state index in [0.717, 1.165) is 76.3 Å². The Morgan fingerprint density at radius 2 is 1.82 bits per heavy atom. The van der Waals surface area contributed by atoms with Crippen molar-refractivity contribution in [3.05, 3.63) is 72.4 Å². The number of rotatable bonds is 8. The molecule has 4 rings (SSSR count). The summed E-state index contributed by atoms with van der Waals surface area (Å²) in [6, 6.07) is 16.6. The SMILES string of the molecule is CCc1nncn1CCNC(=NCCc1ccccc1)N1CCN(c2ccccn2)CC1.I. The van der Waals surface area contributed by atoms with Gasteiger partial charge in [-0.05, 0) is 24.1 Å². The van der Waals surface area contributed by atoms with Gasteiger partial charge in [0.05, 0.1) is 0 Å². The molecule has 0 aliphatic carbocycles. The second kappa shape index (κ2) is 13.1. The molecule has 176 valence electrons. The first-order valence-electron chi connectivity index (χ1n) is 11.4. The summed E-state index contributed by atoms with van der Waals surface area (Å²) >= 11 is 0. The molecular weight excluding hydrogens is 527 g/mol. The van der Waals surface area contributed by atoms with Crippen LogP contribution in [0.1, 0.15) is 18.3 Å². The highest BCUT2D eigenvalue weighted by atomic mass is 127. The highest BCUT2D eigenvalue weighted by molar-refractivity contribution is 14.0. The Labute approximate surface area is 213 Å². The number of pyridine rings is 1. The maximum atomic E-state index is 4.96. The van der Waals surface area contributed by atoms with Crippen molar-refractivity contribution in [2.24, 2.45) is 4.99 Å². The zero-order chi connectivity index (χ0) is 22.0. The molecule has 1 N–H and O–H groups in total. The highest BCUT2D eigenvalue weighted by Crippen LogP contribution is 2.12. The Hall–Kier alpha value is -2.69. The molecule has 9 heteroatoms. The summed E-state index contributed by atoms with van der Waals surface area (Å²) in [7, 11) is 0. The van der Waals surface area contributed by atoms with Gasteiger partial charge >= 0.3 is 0 Å². The molecule has 0 atom stereocenters. The van der Waals surface area contributed by atoms with Crippen molar-refractivity contribution in [3.8, 4) is 0 Å². The van der Waals surface area contributed by atoms with Gasteiger partial charge in [0.2, 0.25) is 0 Å². The van der Waals surface area contributed by atoms with Gasteiger partial charge in [-0.1, -0.05) is 43.3 Å². The monoisotopic (exact) mass is 560 g/mol. The summed E-state index contributed by atoms with van der Waals surface area (Å²) in [6.07, 6.45) is 5.48. The second-order valence-corrected chi connectivity index (χ2v) is 7.82. The first-order valence-corrected chi connectivity index (χ1v) is 11.4. The van der Waals surface area contributed by atoms with Crippen molar-refractivity contribution >= 4 is 35.8 Å². The van der Waals surface area contributed by atoms with E-state index in [2.05, 4.69) is 78.2 Å². The van der Waals surface area contributed by atoms with Gasteiger partial charge in [0.15, 0.2) is 5.96 Å². The van der Waals surface area contributed by atoms with E-state index in [9.17, 15) is 0 Å². The van der Waals surface area contributed by atoms with Gasteiger partial charge in [0.1, 0.15) is 18.0 Å². The van der Waals surface area contributed by atoms with E-state index < -0.39 is 0 Å². The van der Waals surface area contributed by atoms with Crippen LogP contribution in [0.5, 0.6) is 0 Å². The third kappa shape index (κ3) is 7.15. The Bertz CT molecular complexity index is 968. The molecule has 1 aromatic carbocycles. The van der Waals surface area contributed by atoms with E-state index >= 15 is 0 Å². The van der Waals surface area contributed by atoms with Crippen LogP contribution in [0.4, 0.5) is 5.82 Å². The van der Waals surface area contributed by atoms with Crippen LogP contribution < -0.4 is 10.2 Å². The van der Waals surface area contributed by atoms with Crippen LogP contribution in [0, 0.1) is 0 Å². The van der Waals surface area contributed by atoms with Crippen LogP contribution >= 0.6 is 24.0 Å². The van der Waals surface area contributed by atoms with E-state index in [0.29, 0.717) is 0 Å². The average molecular weight is 560 g/mol. The van der Waals surface area contributed by atoms with Crippen molar-refractivity contribution in [1.82, 2.24) is 30.0 Å². The summed E-state index contributed by atoms with van der Waals surface area (Å²) < 4.78 is 2.10. The lowest BCUT2D eigenvalue weighted by molar-refractivity contribution is 0.369. The molecule has 0 amide bonds. The summed E-state index contributed by atoms with van der Waals surface area (Å²) in [5.74, 6) is 3.04. The third-order valence-corrected chi connectivity index (χ3v) is 5.71. The minimum absolute atomic E-state index is 0. The second-order valence-electron chi connectivity index (χ2n) is 7.82. The first kappa shape index (κ1) is 24.9. The van der Waals surface area contributed by atoms with Gasteiger partial charge in [-0.3, -0.25) is 4.99 Å². The molecular formula is C24H33IN8. The fourth-order valence-electron chi connectivity index (χ4n) is 3.92. The molecule has 33 heavy (non-hydrogen) atoms. The summed E-state index contributed by atoms with van der Waals surface area (Å²) in [5, 5.41) is 11.8. The number of benzene rings is 1. The number of aromatic nitrogens is 4. The zero-order valence-corrected chi connectivity index (χ0v) is 21.5. The fraction of sp³-hybridized carbons (Fsp3) is 0.417. The number of hydrogen-bond donors (Lipinski definition) is 1. The lowest BCUT2D eigenvalue weighted by Crippen LogP contribution is -2.53. The number of nitrogens with zero attached hydrogens (tertiary/aromatic N) is 7. The smallest absolute Gasteiger partial charge is 0.194 e. The lowest BCUT2D eigenvalue weighted by Gasteiger charge is -2.37. The molecule has 1 aliphatic rings. The zero-order valence-electron chi connectivity index (χ0n) is 19.2. The third-order valence-electron chi connectivity index (χ3n) is 5.71. The maximum Gasteiger partial charge on any atom is 0.194 e. The Balaban J connectivity index is 0.00000306. The number of halogens is 1. The van der Waals surface area contributed by atoms with Crippen LogP contribution in [-0.4, -0.2) is 69.9 Å². The molecule has 2 aromatic heterocycles. The van der Waals surface area contributed by atoms with E-state index in [-0.39, 0.29) is 24.0 Å². The van der Waals surface area contributed by atoms with Crippen molar-refractivity contribution in [2.75, 3.05) is 44.2 Å². The Kier molecular flexibility index (Phi) is 9.92. The van der Waals surface area contributed by atoms with Gasteiger partial charge < -0.3 is 19.7 Å². The Morgan fingerprint density at radius 3 is 2.55 bits per heavy atom. The van der Waals surface area contributed by atoms with E-state index in [1.54, 1.807) is 6.33 Å². The Morgan fingerprint density at radius 1 is 1.03 bits per heavy atom. The molecule has 0 saturated carbocycles. The number of aliphatic imine (C=N–C) groups is 1. The fourth-order valence-corrected chi connectivity index (χ4v) is 3.92. The van der Waals surface area contributed by atoms with E-state index in [1.807, 2.05) is 18.3 Å².